The molecule has 0 amide bonds. The number of hydrogen-bond acceptors (Lipinski definition) is 2. The summed E-state index contributed by atoms with van der Waals surface area (Å²) in [7, 11) is 0. The summed E-state index contributed by atoms with van der Waals surface area (Å²) < 4.78 is 0. The van der Waals surface area contributed by atoms with Crippen molar-refractivity contribution in [1.29, 1.82) is 0 Å². The summed E-state index contributed by atoms with van der Waals surface area (Å²) in [6.45, 7) is 1.06. The highest BCUT2D eigenvalue weighted by atomic mass is 35.5. The number of halogens is 1. The second-order valence-corrected chi connectivity index (χ2v) is 4.52. The third kappa shape index (κ3) is 2.54. The van der Waals surface area contributed by atoms with E-state index in [1.54, 1.807) is 6.07 Å². The SMILES string of the molecule is O=C(O)c1ccc(CC2CCCN2)c(Cl)c1. The smallest absolute Gasteiger partial charge is 0.335 e. The van der Waals surface area contributed by atoms with Gasteiger partial charge in [-0.05, 0) is 43.5 Å². The Kier molecular flexibility index (Phi) is 3.46. The number of benzene rings is 1. The van der Waals surface area contributed by atoms with E-state index in [4.69, 9.17) is 16.7 Å². The molecule has 2 rings (SSSR count). The molecule has 1 aliphatic heterocycles. The molecular weight excluding hydrogens is 226 g/mol. The van der Waals surface area contributed by atoms with Crippen LogP contribution in [0, 0.1) is 0 Å². The first-order chi connectivity index (χ1) is 7.66. The molecule has 1 heterocycles. The molecule has 1 atom stereocenters. The van der Waals surface area contributed by atoms with Crippen molar-refractivity contribution in [3.8, 4) is 0 Å². The van der Waals surface area contributed by atoms with Crippen LogP contribution in [0.5, 0.6) is 0 Å². The van der Waals surface area contributed by atoms with Crippen LogP contribution in [0.15, 0.2) is 18.2 Å². The number of hydrogen-bond donors (Lipinski definition) is 2. The normalized spacial score (nSPS) is 19.9. The topological polar surface area (TPSA) is 49.3 Å². The monoisotopic (exact) mass is 239 g/mol. The number of nitrogens with one attached hydrogen (secondary N) is 1. The predicted molar refractivity (Wildman–Crippen MR) is 63.1 cm³/mol. The molecule has 0 aliphatic carbocycles. The summed E-state index contributed by atoms with van der Waals surface area (Å²) in [6, 6.07) is 5.42. The molecule has 1 aromatic rings. The Balaban J connectivity index is 2.12. The van der Waals surface area contributed by atoms with E-state index in [1.807, 2.05) is 6.07 Å². The molecule has 1 aliphatic rings. The Labute approximate surface area is 99.4 Å². The molecule has 1 aromatic carbocycles. The Morgan fingerprint density at radius 3 is 2.94 bits per heavy atom. The molecule has 1 unspecified atom stereocenters. The van der Waals surface area contributed by atoms with Gasteiger partial charge in [0.05, 0.1) is 5.56 Å². The number of rotatable bonds is 3. The third-order valence-corrected chi connectivity index (χ3v) is 3.28. The van der Waals surface area contributed by atoms with Gasteiger partial charge in [-0.25, -0.2) is 4.79 Å². The maximum atomic E-state index is 10.7. The van der Waals surface area contributed by atoms with E-state index in [0.29, 0.717) is 11.1 Å². The minimum atomic E-state index is -0.938. The number of carboxylic acid groups (broad SMARTS) is 1. The van der Waals surface area contributed by atoms with E-state index in [9.17, 15) is 4.79 Å². The maximum absolute atomic E-state index is 10.7. The zero-order valence-electron chi connectivity index (χ0n) is 8.87. The lowest BCUT2D eigenvalue weighted by molar-refractivity contribution is 0.0697. The second kappa shape index (κ2) is 4.85. The van der Waals surface area contributed by atoms with Gasteiger partial charge in [-0.1, -0.05) is 17.7 Å². The second-order valence-electron chi connectivity index (χ2n) is 4.11. The molecule has 0 aromatic heterocycles. The van der Waals surface area contributed by atoms with Crippen molar-refractivity contribution in [3.63, 3.8) is 0 Å². The number of carboxylic acids is 1. The molecule has 1 saturated heterocycles. The van der Waals surface area contributed by atoms with Crippen LogP contribution < -0.4 is 5.32 Å². The Morgan fingerprint density at radius 1 is 1.56 bits per heavy atom. The van der Waals surface area contributed by atoms with E-state index in [1.165, 1.54) is 12.5 Å². The van der Waals surface area contributed by atoms with Crippen LogP contribution in [0.2, 0.25) is 5.02 Å². The van der Waals surface area contributed by atoms with Gasteiger partial charge in [0, 0.05) is 11.1 Å². The molecule has 86 valence electrons. The van der Waals surface area contributed by atoms with Gasteiger partial charge in [0.1, 0.15) is 0 Å². The first-order valence-corrected chi connectivity index (χ1v) is 5.79. The lowest BCUT2D eigenvalue weighted by Gasteiger charge is -2.11. The fourth-order valence-corrected chi connectivity index (χ4v) is 2.30. The van der Waals surface area contributed by atoms with Crippen LogP contribution in [0.1, 0.15) is 28.8 Å². The Morgan fingerprint density at radius 2 is 2.38 bits per heavy atom. The zero-order valence-corrected chi connectivity index (χ0v) is 9.63. The van der Waals surface area contributed by atoms with Crippen LogP contribution in [0.25, 0.3) is 0 Å². The van der Waals surface area contributed by atoms with E-state index in [0.717, 1.165) is 24.9 Å². The van der Waals surface area contributed by atoms with Crippen LogP contribution in [0.3, 0.4) is 0 Å². The first-order valence-electron chi connectivity index (χ1n) is 5.42. The summed E-state index contributed by atoms with van der Waals surface area (Å²) in [5.74, 6) is -0.938. The summed E-state index contributed by atoms with van der Waals surface area (Å²) in [5.41, 5.74) is 1.26. The lowest BCUT2D eigenvalue weighted by Crippen LogP contribution is -2.23. The summed E-state index contributed by atoms with van der Waals surface area (Å²) in [6.07, 6.45) is 3.24. The highest BCUT2D eigenvalue weighted by molar-refractivity contribution is 6.31. The Bertz CT molecular complexity index is 400. The van der Waals surface area contributed by atoms with Crippen LogP contribution in [-0.4, -0.2) is 23.7 Å². The van der Waals surface area contributed by atoms with Gasteiger partial charge in [0.15, 0.2) is 0 Å². The standard InChI is InChI=1S/C12H14ClNO2/c13-11-7-9(12(15)16)4-3-8(11)6-10-2-1-5-14-10/h3-4,7,10,14H,1-2,5-6H2,(H,15,16). The van der Waals surface area contributed by atoms with Crippen molar-refractivity contribution < 1.29 is 9.90 Å². The summed E-state index contributed by atoms with van der Waals surface area (Å²) in [5, 5.41) is 12.8. The van der Waals surface area contributed by atoms with Crippen molar-refractivity contribution in [2.75, 3.05) is 6.54 Å². The highest BCUT2D eigenvalue weighted by Gasteiger charge is 2.16. The average molecular weight is 240 g/mol. The van der Waals surface area contributed by atoms with E-state index >= 15 is 0 Å². The van der Waals surface area contributed by atoms with Crippen molar-refractivity contribution in [3.05, 3.63) is 34.3 Å². The minimum Gasteiger partial charge on any atom is -0.478 e. The minimum absolute atomic E-state index is 0.244. The number of aromatic carboxylic acids is 1. The fraction of sp³-hybridized carbons (Fsp3) is 0.417. The fourth-order valence-electron chi connectivity index (χ4n) is 2.04. The van der Waals surface area contributed by atoms with E-state index in [2.05, 4.69) is 5.32 Å². The molecule has 2 N–H and O–H groups in total. The quantitative estimate of drug-likeness (QED) is 0.851. The van der Waals surface area contributed by atoms with Gasteiger partial charge < -0.3 is 10.4 Å². The summed E-state index contributed by atoms with van der Waals surface area (Å²) >= 11 is 6.06. The van der Waals surface area contributed by atoms with Crippen molar-refractivity contribution in [2.24, 2.45) is 0 Å². The molecule has 0 spiro atoms. The van der Waals surface area contributed by atoms with Gasteiger partial charge >= 0.3 is 5.97 Å². The maximum Gasteiger partial charge on any atom is 0.335 e. The van der Waals surface area contributed by atoms with Crippen LogP contribution in [-0.2, 0) is 6.42 Å². The van der Waals surface area contributed by atoms with E-state index < -0.39 is 5.97 Å². The molecule has 1 fully saturated rings. The third-order valence-electron chi connectivity index (χ3n) is 2.93. The molecule has 4 heteroatoms. The van der Waals surface area contributed by atoms with E-state index in [-0.39, 0.29) is 5.56 Å². The molecule has 3 nitrogen and oxygen atoms in total. The van der Waals surface area contributed by atoms with Crippen LogP contribution >= 0.6 is 11.6 Å². The van der Waals surface area contributed by atoms with Gasteiger partial charge in [-0.3, -0.25) is 0 Å². The highest BCUT2D eigenvalue weighted by Crippen LogP contribution is 2.21. The largest absolute Gasteiger partial charge is 0.478 e. The zero-order chi connectivity index (χ0) is 11.5. The molecule has 0 bridgehead atoms. The lowest BCUT2D eigenvalue weighted by atomic mass is 10.0. The average Bonchev–Trinajstić information content (AvgIpc) is 2.73. The van der Waals surface area contributed by atoms with Crippen molar-refractivity contribution >= 4 is 17.6 Å². The van der Waals surface area contributed by atoms with Gasteiger partial charge in [0.25, 0.3) is 0 Å². The van der Waals surface area contributed by atoms with Gasteiger partial charge in [0.2, 0.25) is 0 Å². The predicted octanol–water partition coefficient (Wildman–Crippen LogP) is 2.33. The molecular formula is C12H14ClNO2. The van der Waals surface area contributed by atoms with Crippen molar-refractivity contribution in [1.82, 2.24) is 5.32 Å². The van der Waals surface area contributed by atoms with Crippen molar-refractivity contribution in [2.45, 2.75) is 25.3 Å². The molecule has 0 saturated carbocycles. The summed E-state index contributed by atoms with van der Waals surface area (Å²) in [4.78, 5) is 10.7. The Hall–Kier alpha value is -1.06. The molecule has 16 heavy (non-hydrogen) atoms. The molecule has 0 radical (unpaired) electrons. The first kappa shape index (κ1) is 11.4. The van der Waals surface area contributed by atoms with Crippen LogP contribution in [0.4, 0.5) is 0 Å². The van der Waals surface area contributed by atoms with Gasteiger partial charge in [-0.15, -0.1) is 0 Å². The van der Waals surface area contributed by atoms with Gasteiger partial charge in [-0.2, -0.15) is 0 Å². The number of carbonyl (C=O) groups is 1.